The first-order valence-corrected chi connectivity index (χ1v) is 8.25. The van der Waals surface area contributed by atoms with Gasteiger partial charge in [-0.15, -0.1) is 0 Å². The lowest BCUT2D eigenvalue weighted by Gasteiger charge is -2.10. The third-order valence-corrected chi connectivity index (χ3v) is 3.91. The predicted octanol–water partition coefficient (Wildman–Crippen LogP) is 1.37. The summed E-state index contributed by atoms with van der Waals surface area (Å²) in [6, 6.07) is 4.27. The lowest BCUT2D eigenvalue weighted by molar-refractivity contribution is -0.139. The number of benzene rings is 1. The Morgan fingerprint density at radius 3 is 2.52 bits per heavy atom. The summed E-state index contributed by atoms with van der Waals surface area (Å²) in [4.78, 5) is 22.6. The summed E-state index contributed by atoms with van der Waals surface area (Å²) < 4.78 is 24.6. The van der Waals surface area contributed by atoms with Crippen molar-refractivity contribution in [1.29, 1.82) is 0 Å². The van der Waals surface area contributed by atoms with Gasteiger partial charge in [-0.25, -0.2) is 8.42 Å². The third-order valence-electron chi connectivity index (χ3n) is 2.97. The molecule has 0 saturated heterocycles. The minimum atomic E-state index is -3.44. The van der Waals surface area contributed by atoms with E-state index in [9.17, 15) is 18.0 Å². The van der Waals surface area contributed by atoms with Crippen LogP contribution in [-0.2, 0) is 19.6 Å². The Morgan fingerprint density at radius 2 is 2.00 bits per heavy atom. The van der Waals surface area contributed by atoms with Gasteiger partial charge in [-0.1, -0.05) is 11.6 Å². The molecule has 1 fully saturated rings. The van der Waals surface area contributed by atoms with Crippen molar-refractivity contribution in [3.05, 3.63) is 23.2 Å². The van der Waals surface area contributed by atoms with Gasteiger partial charge in [-0.2, -0.15) is 0 Å². The quantitative estimate of drug-likeness (QED) is 0.753. The number of anilines is 2. The summed E-state index contributed by atoms with van der Waals surface area (Å²) in [7, 11) is -3.44. The summed E-state index contributed by atoms with van der Waals surface area (Å²) in [6.07, 6.45) is 1.29. The maximum atomic E-state index is 11.9. The normalized spacial score (nSPS) is 20.7. The van der Waals surface area contributed by atoms with Crippen molar-refractivity contribution < 1.29 is 23.1 Å². The van der Waals surface area contributed by atoms with Crippen molar-refractivity contribution in [1.82, 2.24) is 0 Å². The summed E-state index contributed by atoms with van der Waals surface area (Å²) in [5, 5.41) is 11.5. The van der Waals surface area contributed by atoms with Gasteiger partial charge in [0.25, 0.3) is 0 Å². The topological polar surface area (TPSA) is 113 Å². The van der Waals surface area contributed by atoms with Crippen LogP contribution < -0.4 is 10.0 Å². The van der Waals surface area contributed by atoms with E-state index in [0.717, 1.165) is 6.26 Å². The average Bonchev–Trinajstić information content (AvgIpc) is 3.11. The van der Waals surface area contributed by atoms with E-state index in [2.05, 4.69) is 10.0 Å². The Labute approximate surface area is 126 Å². The second kappa shape index (κ2) is 5.53. The Balaban J connectivity index is 2.11. The third kappa shape index (κ3) is 4.08. The highest BCUT2D eigenvalue weighted by atomic mass is 35.5. The molecule has 1 aliphatic carbocycles. The van der Waals surface area contributed by atoms with Crippen LogP contribution in [-0.4, -0.2) is 31.7 Å². The van der Waals surface area contributed by atoms with Crippen LogP contribution in [0.5, 0.6) is 0 Å². The van der Waals surface area contributed by atoms with Crippen molar-refractivity contribution in [2.24, 2.45) is 11.8 Å². The number of amides is 1. The minimum Gasteiger partial charge on any atom is -0.481 e. The first-order valence-electron chi connectivity index (χ1n) is 5.98. The summed E-state index contributed by atoms with van der Waals surface area (Å²) >= 11 is 5.93. The number of hydrogen-bond donors (Lipinski definition) is 3. The van der Waals surface area contributed by atoms with Gasteiger partial charge >= 0.3 is 5.97 Å². The molecule has 1 saturated carbocycles. The van der Waals surface area contributed by atoms with Crippen molar-refractivity contribution in [2.45, 2.75) is 6.42 Å². The molecule has 0 heterocycles. The van der Waals surface area contributed by atoms with Gasteiger partial charge in [0, 0.05) is 0 Å². The number of carbonyl (C=O) groups is 2. The Bertz CT molecular complexity index is 704. The number of halogens is 1. The fourth-order valence-electron chi connectivity index (χ4n) is 1.88. The molecule has 114 valence electrons. The van der Waals surface area contributed by atoms with Gasteiger partial charge < -0.3 is 10.4 Å². The number of carboxylic acid groups (broad SMARTS) is 1. The smallest absolute Gasteiger partial charge is 0.307 e. The van der Waals surface area contributed by atoms with E-state index in [1.165, 1.54) is 18.2 Å². The van der Waals surface area contributed by atoms with Gasteiger partial charge in [0.15, 0.2) is 0 Å². The zero-order valence-electron chi connectivity index (χ0n) is 11.0. The molecule has 2 rings (SSSR count). The van der Waals surface area contributed by atoms with Crippen molar-refractivity contribution >= 4 is 44.9 Å². The van der Waals surface area contributed by atoms with Gasteiger partial charge in [-0.05, 0) is 24.6 Å². The average molecular weight is 333 g/mol. The highest BCUT2D eigenvalue weighted by molar-refractivity contribution is 7.92. The van der Waals surface area contributed by atoms with Crippen LogP contribution in [0.15, 0.2) is 18.2 Å². The van der Waals surface area contributed by atoms with Crippen molar-refractivity contribution in [3.63, 3.8) is 0 Å². The summed E-state index contributed by atoms with van der Waals surface area (Å²) in [5.74, 6) is -2.69. The van der Waals surface area contributed by atoms with Crippen molar-refractivity contribution in [3.8, 4) is 0 Å². The molecule has 0 aliphatic heterocycles. The number of hydrogen-bond acceptors (Lipinski definition) is 4. The molecular formula is C12H13ClN2O5S. The van der Waals surface area contributed by atoms with E-state index in [-0.39, 0.29) is 16.4 Å². The van der Waals surface area contributed by atoms with Crippen LogP contribution in [0.25, 0.3) is 0 Å². The molecule has 0 spiro atoms. The molecule has 1 aromatic rings. The van der Waals surface area contributed by atoms with E-state index in [0.29, 0.717) is 6.42 Å². The molecule has 1 amide bonds. The molecule has 7 nitrogen and oxygen atoms in total. The van der Waals surface area contributed by atoms with E-state index in [1.807, 2.05) is 0 Å². The molecule has 9 heteroatoms. The standard InChI is InChI=1S/C12H13ClN2O5S/c1-21(19,20)15-6-2-3-9(13)10(4-6)14-11(16)7-5-8(7)12(17)18/h2-4,7-8,15H,5H2,1H3,(H,14,16)(H,17,18)/t7-,8+/m1/s1. The van der Waals surface area contributed by atoms with Crippen LogP contribution >= 0.6 is 11.6 Å². The molecular weight excluding hydrogens is 320 g/mol. The van der Waals surface area contributed by atoms with Crippen LogP contribution in [0.1, 0.15) is 6.42 Å². The number of sulfonamides is 1. The molecule has 0 unspecified atom stereocenters. The lowest BCUT2D eigenvalue weighted by Crippen LogP contribution is -2.17. The monoisotopic (exact) mass is 332 g/mol. The van der Waals surface area contributed by atoms with Crippen LogP contribution in [0, 0.1) is 11.8 Å². The lowest BCUT2D eigenvalue weighted by atomic mass is 10.2. The molecule has 0 bridgehead atoms. The van der Waals surface area contributed by atoms with Crippen LogP contribution in [0.4, 0.5) is 11.4 Å². The van der Waals surface area contributed by atoms with Gasteiger partial charge in [-0.3, -0.25) is 14.3 Å². The minimum absolute atomic E-state index is 0.228. The van der Waals surface area contributed by atoms with Crippen LogP contribution in [0.3, 0.4) is 0 Å². The van der Waals surface area contributed by atoms with Gasteiger partial charge in [0.2, 0.25) is 15.9 Å². The number of aliphatic carboxylic acids is 1. The van der Waals surface area contributed by atoms with Crippen LogP contribution in [0.2, 0.25) is 5.02 Å². The fourth-order valence-corrected chi connectivity index (χ4v) is 2.60. The molecule has 1 aliphatic rings. The molecule has 0 radical (unpaired) electrons. The summed E-state index contributed by atoms with van der Waals surface area (Å²) in [6.45, 7) is 0. The molecule has 2 atom stereocenters. The number of carboxylic acids is 1. The fraction of sp³-hybridized carbons (Fsp3) is 0.333. The first-order chi connectivity index (χ1) is 9.67. The maximum absolute atomic E-state index is 11.9. The first kappa shape index (κ1) is 15.6. The Hall–Kier alpha value is -1.80. The highest BCUT2D eigenvalue weighted by Gasteiger charge is 2.48. The Kier molecular flexibility index (Phi) is 4.11. The van der Waals surface area contributed by atoms with E-state index in [1.54, 1.807) is 0 Å². The molecule has 0 aromatic heterocycles. The second-order valence-corrected chi connectivity index (χ2v) is 7.00. The van der Waals surface area contributed by atoms with Crippen molar-refractivity contribution in [2.75, 3.05) is 16.3 Å². The van der Waals surface area contributed by atoms with E-state index < -0.39 is 33.7 Å². The number of carbonyl (C=O) groups excluding carboxylic acids is 1. The van der Waals surface area contributed by atoms with E-state index >= 15 is 0 Å². The number of rotatable bonds is 5. The number of nitrogens with one attached hydrogen (secondary N) is 2. The van der Waals surface area contributed by atoms with Gasteiger partial charge in [0.05, 0.1) is 34.5 Å². The summed E-state index contributed by atoms with van der Waals surface area (Å²) in [5.41, 5.74) is 0.481. The zero-order chi connectivity index (χ0) is 15.8. The molecule has 21 heavy (non-hydrogen) atoms. The predicted molar refractivity (Wildman–Crippen MR) is 77.8 cm³/mol. The molecule has 1 aromatic carbocycles. The Morgan fingerprint density at radius 1 is 1.33 bits per heavy atom. The molecule has 3 N–H and O–H groups in total. The SMILES string of the molecule is CS(=O)(=O)Nc1ccc(Cl)c(NC(=O)[C@@H]2C[C@@H]2C(=O)O)c1. The largest absolute Gasteiger partial charge is 0.481 e. The highest BCUT2D eigenvalue weighted by Crippen LogP contribution is 2.40. The second-order valence-electron chi connectivity index (χ2n) is 4.85. The van der Waals surface area contributed by atoms with E-state index in [4.69, 9.17) is 16.7 Å². The zero-order valence-corrected chi connectivity index (χ0v) is 12.5. The van der Waals surface area contributed by atoms with Gasteiger partial charge in [0.1, 0.15) is 0 Å². The maximum Gasteiger partial charge on any atom is 0.307 e.